The van der Waals surface area contributed by atoms with Crippen LogP contribution in [-0.2, 0) is 0 Å². The number of aliphatic hydroxyl groups is 1. The molecule has 0 spiro atoms. The number of amides is 2. The molecule has 0 aliphatic carbocycles. The zero-order chi connectivity index (χ0) is 15.4. The number of oxazole rings is 1. The van der Waals surface area contributed by atoms with Gasteiger partial charge in [0.25, 0.3) is 6.01 Å². The van der Waals surface area contributed by atoms with E-state index in [0.717, 1.165) is 5.52 Å². The number of carbonyl (C=O) groups excluding carboxylic acids is 1. The predicted molar refractivity (Wildman–Crippen MR) is 81.7 cm³/mol. The highest BCUT2D eigenvalue weighted by molar-refractivity contribution is 5.91. The maximum Gasteiger partial charge on any atom is 0.319 e. The molecule has 2 aromatic rings. The van der Waals surface area contributed by atoms with Crippen LogP contribution in [0.15, 0.2) is 22.6 Å². The number of urea groups is 1. The second kappa shape index (κ2) is 6.45. The summed E-state index contributed by atoms with van der Waals surface area (Å²) in [5.41, 5.74) is 1.94. The van der Waals surface area contributed by atoms with E-state index in [1.54, 1.807) is 23.1 Å². The van der Waals surface area contributed by atoms with Gasteiger partial charge in [0.05, 0.1) is 12.6 Å². The average molecular weight is 292 g/mol. The second-order valence-corrected chi connectivity index (χ2v) is 4.96. The van der Waals surface area contributed by atoms with E-state index >= 15 is 0 Å². The van der Waals surface area contributed by atoms with E-state index in [-0.39, 0.29) is 18.7 Å². The number of benzene rings is 1. The number of aliphatic hydroxyl groups excluding tert-OH is 1. The number of nitrogens with one attached hydrogen (secondary N) is 2. The smallest absolute Gasteiger partial charge is 0.319 e. The molecule has 0 aliphatic rings. The third kappa shape index (κ3) is 3.63. The normalized spacial score (nSPS) is 12.2. The number of fused-ring (bicyclic) bond motifs is 1. The molecule has 0 bridgehead atoms. The van der Waals surface area contributed by atoms with Gasteiger partial charge in [0.2, 0.25) is 0 Å². The molecule has 7 heteroatoms. The van der Waals surface area contributed by atoms with E-state index < -0.39 is 0 Å². The van der Waals surface area contributed by atoms with Crippen molar-refractivity contribution in [3.8, 4) is 0 Å². The minimum atomic E-state index is -0.359. The molecule has 1 aromatic heterocycles. The van der Waals surface area contributed by atoms with E-state index in [1.807, 2.05) is 21.0 Å². The number of rotatable bonds is 5. The van der Waals surface area contributed by atoms with Crippen LogP contribution in [0, 0.1) is 0 Å². The molecule has 0 saturated carbocycles. The topological polar surface area (TPSA) is 90.6 Å². The summed E-state index contributed by atoms with van der Waals surface area (Å²) < 4.78 is 5.58. The lowest BCUT2D eigenvalue weighted by Gasteiger charge is -2.14. The van der Waals surface area contributed by atoms with Crippen molar-refractivity contribution in [2.24, 2.45) is 0 Å². The molecule has 1 aromatic carbocycles. The second-order valence-electron chi connectivity index (χ2n) is 4.96. The van der Waals surface area contributed by atoms with Gasteiger partial charge in [-0.15, -0.1) is 0 Å². The molecule has 0 radical (unpaired) electrons. The highest BCUT2D eigenvalue weighted by Crippen LogP contribution is 2.23. The Hall–Kier alpha value is -2.28. The van der Waals surface area contributed by atoms with Gasteiger partial charge in [-0.2, -0.15) is 4.98 Å². The molecule has 0 saturated heterocycles. The van der Waals surface area contributed by atoms with Crippen molar-refractivity contribution in [2.75, 3.05) is 30.9 Å². The highest BCUT2D eigenvalue weighted by atomic mass is 16.4. The minimum absolute atomic E-state index is 0.0861. The Labute approximate surface area is 122 Å². The number of nitrogens with zero attached hydrogens (tertiary/aromatic N) is 2. The fourth-order valence-electron chi connectivity index (χ4n) is 1.81. The number of aromatic nitrogens is 1. The number of hydrogen-bond acceptors (Lipinski definition) is 5. The van der Waals surface area contributed by atoms with Crippen molar-refractivity contribution >= 4 is 28.8 Å². The largest absolute Gasteiger partial charge is 0.423 e. The maximum atomic E-state index is 11.8. The molecule has 3 N–H and O–H groups in total. The molecule has 0 aliphatic heterocycles. The van der Waals surface area contributed by atoms with Crippen molar-refractivity contribution in [2.45, 2.75) is 19.4 Å². The number of hydrogen-bond donors (Lipinski definition) is 3. The summed E-state index contributed by atoms with van der Waals surface area (Å²) in [6.45, 7) is 1.81. The van der Waals surface area contributed by atoms with Crippen LogP contribution < -0.4 is 15.5 Å². The average Bonchev–Trinajstić information content (AvgIpc) is 2.88. The van der Waals surface area contributed by atoms with Gasteiger partial charge in [-0.05, 0) is 18.6 Å². The van der Waals surface area contributed by atoms with Gasteiger partial charge in [0, 0.05) is 25.8 Å². The van der Waals surface area contributed by atoms with Crippen molar-refractivity contribution in [1.29, 1.82) is 0 Å². The predicted octanol–water partition coefficient (Wildman–Crippen LogP) is 1.79. The van der Waals surface area contributed by atoms with Crippen LogP contribution in [0.1, 0.15) is 13.3 Å². The molecule has 1 unspecified atom stereocenters. The van der Waals surface area contributed by atoms with E-state index in [0.29, 0.717) is 23.7 Å². The van der Waals surface area contributed by atoms with Crippen LogP contribution in [0.2, 0.25) is 0 Å². The Balaban J connectivity index is 2.10. The zero-order valence-corrected chi connectivity index (χ0v) is 12.4. The lowest BCUT2D eigenvalue weighted by molar-refractivity contribution is 0.222. The molecule has 21 heavy (non-hydrogen) atoms. The summed E-state index contributed by atoms with van der Waals surface area (Å²) in [7, 11) is 3.69. The Kier molecular flexibility index (Phi) is 4.64. The van der Waals surface area contributed by atoms with Crippen LogP contribution in [0.4, 0.5) is 16.5 Å². The molecule has 7 nitrogen and oxygen atoms in total. The van der Waals surface area contributed by atoms with E-state index in [4.69, 9.17) is 9.52 Å². The summed E-state index contributed by atoms with van der Waals surface area (Å²) in [5, 5.41) is 14.5. The first-order valence-electron chi connectivity index (χ1n) is 6.79. The molecule has 0 fully saturated rings. The summed E-state index contributed by atoms with van der Waals surface area (Å²) in [5.74, 6) is 0. The highest BCUT2D eigenvalue weighted by Gasteiger charge is 2.11. The summed E-state index contributed by atoms with van der Waals surface area (Å²) in [6.07, 6.45) is 0.664. The van der Waals surface area contributed by atoms with Crippen LogP contribution in [0.3, 0.4) is 0 Å². The van der Waals surface area contributed by atoms with Crippen LogP contribution in [0.25, 0.3) is 11.1 Å². The maximum absolute atomic E-state index is 11.8. The molecule has 1 atom stereocenters. The molecule has 1 heterocycles. The third-order valence-corrected chi connectivity index (χ3v) is 3.07. The van der Waals surface area contributed by atoms with Crippen LogP contribution in [0.5, 0.6) is 0 Å². The van der Waals surface area contributed by atoms with Gasteiger partial charge < -0.3 is 25.1 Å². The van der Waals surface area contributed by atoms with Crippen molar-refractivity contribution in [3.05, 3.63) is 18.2 Å². The van der Waals surface area contributed by atoms with Crippen molar-refractivity contribution in [1.82, 2.24) is 10.3 Å². The first-order chi connectivity index (χ1) is 10.0. The van der Waals surface area contributed by atoms with Crippen LogP contribution in [-0.4, -0.2) is 42.9 Å². The zero-order valence-electron chi connectivity index (χ0n) is 12.4. The monoisotopic (exact) mass is 292 g/mol. The lowest BCUT2D eigenvalue weighted by Crippen LogP contribution is -2.39. The fourth-order valence-corrected chi connectivity index (χ4v) is 1.81. The summed E-state index contributed by atoms with van der Waals surface area (Å²) >= 11 is 0. The van der Waals surface area contributed by atoms with E-state index in [1.165, 1.54) is 0 Å². The Morgan fingerprint density at radius 2 is 2.24 bits per heavy atom. The van der Waals surface area contributed by atoms with Gasteiger partial charge in [-0.1, -0.05) is 6.92 Å². The molecule has 2 amide bonds. The number of carbonyl (C=O) groups is 1. The first-order valence-corrected chi connectivity index (χ1v) is 6.79. The molecule has 2 rings (SSSR count). The Morgan fingerprint density at radius 1 is 1.48 bits per heavy atom. The third-order valence-electron chi connectivity index (χ3n) is 3.07. The molecular formula is C14H20N4O3. The standard InChI is InChI=1S/C14H20N4O3/c1-4-9(8-19)15-13(20)16-10-5-6-11-12(7-10)21-14(17-11)18(2)3/h5-7,9,19H,4,8H2,1-3H3,(H2,15,16,20). The molecular weight excluding hydrogens is 272 g/mol. The quantitative estimate of drug-likeness (QED) is 0.781. The SMILES string of the molecule is CCC(CO)NC(=O)Nc1ccc2nc(N(C)C)oc2c1. The summed E-state index contributed by atoms with van der Waals surface area (Å²) in [4.78, 5) is 17.9. The minimum Gasteiger partial charge on any atom is -0.423 e. The van der Waals surface area contributed by atoms with E-state index in [2.05, 4.69) is 15.6 Å². The van der Waals surface area contributed by atoms with Crippen molar-refractivity contribution in [3.63, 3.8) is 0 Å². The first kappa shape index (κ1) is 15.1. The van der Waals surface area contributed by atoms with Gasteiger partial charge in [-0.3, -0.25) is 0 Å². The Bertz CT molecular complexity index is 620. The Morgan fingerprint density at radius 3 is 2.86 bits per heavy atom. The fraction of sp³-hybridized carbons (Fsp3) is 0.429. The lowest BCUT2D eigenvalue weighted by atomic mass is 10.2. The summed E-state index contributed by atoms with van der Waals surface area (Å²) in [6, 6.07) is 5.16. The van der Waals surface area contributed by atoms with Gasteiger partial charge in [-0.25, -0.2) is 4.79 Å². The number of anilines is 2. The van der Waals surface area contributed by atoms with Crippen molar-refractivity contribution < 1.29 is 14.3 Å². The van der Waals surface area contributed by atoms with Gasteiger partial charge >= 0.3 is 6.03 Å². The van der Waals surface area contributed by atoms with Crippen LogP contribution >= 0.6 is 0 Å². The van der Waals surface area contributed by atoms with Gasteiger partial charge in [0.15, 0.2) is 5.58 Å². The van der Waals surface area contributed by atoms with E-state index in [9.17, 15) is 4.79 Å². The molecule has 114 valence electrons. The van der Waals surface area contributed by atoms with Gasteiger partial charge in [0.1, 0.15) is 5.52 Å².